The zero-order chi connectivity index (χ0) is 18.6. The SMILES string of the molecule is O=C(NC1CCCOC1)c1cc(Cc2ccc(Cl)nc2)c2ccccc2n1. The van der Waals surface area contributed by atoms with Gasteiger partial charge in [0.15, 0.2) is 0 Å². The number of fused-ring (bicyclic) bond motifs is 1. The van der Waals surface area contributed by atoms with E-state index in [0.717, 1.165) is 41.5 Å². The summed E-state index contributed by atoms with van der Waals surface area (Å²) in [6.07, 6.45) is 4.31. The van der Waals surface area contributed by atoms with Gasteiger partial charge in [0.05, 0.1) is 18.2 Å². The Labute approximate surface area is 162 Å². The number of carbonyl (C=O) groups excluding carboxylic acids is 1. The smallest absolute Gasteiger partial charge is 0.270 e. The summed E-state index contributed by atoms with van der Waals surface area (Å²) >= 11 is 5.88. The summed E-state index contributed by atoms with van der Waals surface area (Å²) in [5.41, 5.74) is 3.30. The van der Waals surface area contributed by atoms with E-state index in [2.05, 4.69) is 15.3 Å². The summed E-state index contributed by atoms with van der Waals surface area (Å²) in [5.74, 6) is -0.160. The Bertz CT molecular complexity index is 953. The van der Waals surface area contributed by atoms with Crippen molar-refractivity contribution in [2.45, 2.75) is 25.3 Å². The third-order valence-electron chi connectivity index (χ3n) is 4.71. The maximum atomic E-state index is 12.7. The molecule has 0 spiro atoms. The third kappa shape index (κ3) is 4.26. The minimum atomic E-state index is -0.160. The predicted octanol–water partition coefficient (Wildman–Crippen LogP) is 3.78. The number of aromatic nitrogens is 2. The van der Waals surface area contributed by atoms with E-state index in [9.17, 15) is 4.79 Å². The average Bonchev–Trinajstić information content (AvgIpc) is 2.70. The second-order valence-electron chi connectivity index (χ2n) is 6.74. The van der Waals surface area contributed by atoms with Crippen molar-refractivity contribution in [3.63, 3.8) is 0 Å². The number of ether oxygens (including phenoxy) is 1. The summed E-state index contributed by atoms with van der Waals surface area (Å²) < 4.78 is 5.45. The highest BCUT2D eigenvalue weighted by molar-refractivity contribution is 6.29. The largest absolute Gasteiger partial charge is 0.379 e. The van der Waals surface area contributed by atoms with Crippen LogP contribution in [0.5, 0.6) is 0 Å². The molecule has 0 saturated carbocycles. The number of amides is 1. The van der Waals surface area contributed by atoms with Crippen LogP contribution in [0.2, 0.25) is 5.15 Å². The zero-order valence-corrected chi connectivity index (χ0v) is 15.6. The first-order valence-corrected chi connectivity index (χ1v) is 9.44. The van der Waals surface area contributed by atoms with E-state index in [-0.39, 0.29) is 11.9 Å². The summed E-state index contributed by atoms with van der Waals surface area (Å²) in [6.45, 7) is 1.32. The number of halogens is 1. The molecule has 1 amide bonds. The highest BCUT2D eigenvalue weighted by Crippen LogP contribution is 2.22. The second kappa shape index (κ2) is 8.03. The maximum Gasteiger partial charge on any atom is 0.270 e. The molecular formula is C21H20ClN3O2. The highest BCUT2D eigenvalue weighted by atomic mass is 35.5. The van der Waals surface area contributed by atoms with Gasteiger partial charge < -0.3 is 10.1 Å². The van der Waals surface area contributed by atoms with Gasteiger partial charge in [0.1, 0.15) is 10.8 Å². The van der Waals surface area contributed by atoms with Crippen molar-refractivity contribution in [2.24, 2.45) is 0 Å². The summed E-state index contributed by atoms with van der Waals surface area (Å²) in [6, 6.07) is 13.5. The van der Waals surface area contributed by atoms with Gasteiger partial charge in [0.25, 0.3) is 5.91 Å². The molecule has 0 bridgehead atoms. The molecule has 1 fully saturated rings. The lowest BCUT2D eigenvalue weighted by Crippen LogP contribution is -2.40. The fourth-order valence-corrected chi connectivity index (χ4v) is 3.47. The lowest BCUT2D eigenvalue weighted by Gasteiger charge is -2.23. The van der Waals surface area contributed by atoms with Crippen molar-refractivity contribution in [3.05, 3.63) is 70.6 Å². The van der Waals surface area contributed by atoms with E-state index >= 15 is 0 Å². The number of pyridine rings is 2. The monoisotopic (exact) mass is 381 g/mol. The maximum absolute atomic E-state index is 12.7. The van der Waals surface area contributed by atoms with Crippen molar-refractivity contribution in [1.82, 2.24) is 15.3 Å². The molecule has 2 aromatic heterocycles. The molecular weight excluding hydrogens is 362 g/mol. The lowest BCUT2D eigenvalue weighted by atomic mass is 10.0. The molecule has 27 heavy (non-hydrogen) atoms. The van der Waals surface area contributed by atoms with Crippen LogP contribution in [-0.2, 0) is 11.2 Å². The van der Waals surface area contributed by atoms with Crippen LogP contribution in [0.4, 0.5) is 0 Å². The molecule has 1 unspecified atom stereocenters. The molecule has 0 aliphatic carbocycles. The van der Waals surface area contributed by atoms with E-state index in [1.54, 1.807) is 12.3 Å². The van der Waals surface area contributed by atoms with Crippen molar-refractivity contribution >= 4 is 28.4 Å². The molecule has 3 aromatic rings. The number of hydrogen-bond acceptors (Lipinski definition) is 4. The molecule has 1 N–H and O–H groups in total. The Morgan fingerprint density at radius 3 is 2.93 bits per heavy atom. The summed E-state index contributed by atoms with van der Waals surface area (Å²) in [5, 5.41) is 4.54. The first kappa shape index (κ1) is 17.9. The van der Waals surface area contributed by atoms with Gasteiger partial charge in [-0.25, -0.2) is 9.97 Å². The van der Waals surface area contributed by atoms with Gasteiger partial charge in [-0.2, -0.15) is 0 Å². The number of rotatable bonds is 4. The topological polar surface area (TPSA) is 64.1 Å². The van der Waals surface area contributed by atoms with Gasteiger partial charge in [-0.1, -0.05) is 35.9 Å². The minimum absolute atomic E-state index is 0.0448. The quantitative estimate of drug-likeness (QED) is 0.698. The molecule has 1 aromatic carbocycles. The zero-order valence-electron chi connectivity index (χ0n) is 14.8. The first-order chi connectivity index (χ1) is 13.2. The standard InChI is InChI=1S/C21H20ClN3O2/c22-20-8-7-14(12-23-20)10-15-11-19(25-18-6-2-1-5-17(15)18)21(26)24-16-4-3-9-27-13-16/h1-2,5-8,11-12,16H,3-4,9-10,13H2,(H,24,26). The van der Waals surface area contributed by atoms with Crippen molar-refractivity contribution in [1.29, 1.82) is 0 Å². The lowest BCUT2D eigenvalue weighted by molar-refractivity contribution is 0.0622. The van der Waals surface area contributed by atoms with Gasteiger partial charge >= 0.3 is 0 Å². The summed E-state index contributed by atoms with van der Waals surface area (Å²) in [7, 11) is 0. The molecule has 0 radical (unpaired) electrons. The van der Waals surface area contributed by atoms with Gasteiger partial charge in [-0.15, -0.1) is 0 Å². The number of nitrogens with zero attached hydrogens (tertiary/aromatic N) is 2. The molecule has 1 saturated heterocycles. The van der Waals surface area contributed by atoms with Crippen LogP contribution in [-0.4, -0.2) is 35.1 Å². The molecule has 1 atom stereocenters. The molecule has 6 heteroatoms. The molecule has 3 heterocycles. The molecule has 4 rings (SSSR count). The van der Waals surface area contributed by atoms with Crippen LogP contribution >= 0.6 is 11.6 Å². The number of nitrogens with one attached hydrogen (secondary N) is 1. The van der Waals surface area contributed by atoms with E-state index in [1.165, 1.54) is 0 Å². The fraction of sp³-hybridized carbons (Fsp3) is 0.286. The summed E-state index contributed by atoms with van der Waals surface area (Å²) in [4.78, 5) is 21.5. The Hall–Kier alpha value is -2.50. The first-order valence-electron chi connectivity index (χ1n) is 9.07. The Morgan fingerprint density at radius 2 is 2.15 bits per heavy atom. The predicted molar refractivity (Wildman–Crippen MR) is 105 cm³/mol. The normalized spacial score (nSPS) is 17.0. The third-order valence-corrected chi connectivity index (χ3v) is 4.94. The number of benzene rings is 1. The Kier molecular flexibility index (Phi) is 5.32. The van der Waals surface area contributed by atoms with Crippen LogP contribution in [0, 0.1) is 0 Å². The minimum Gasteiger partial charge on any atom is -0.379 e. The van der Waals surface area contributed by atoms with Gasteiger partial charge in [-0.3, -0.25) is 4.79 Å². The van der Waals surface area contributed by atoms with Crippen molar-refractivity contribution in [2.75, 3.05) is 13.2 Å². The van der Waals surface area contributed by atoms with Crippen molar-refractivity contribution < 1.29 is 9.53 Å². The van der Waals surface area contributed by atoms with Crippen LogP contribution in [0.15, 0.2) is 48.7 Å². The van der Waals surface area contributed by atoms with Crippen molar-refractivity contribution in [3.8, 4) is 0 Å². The van der Waals surface area contributed by atoms with Gasteiger partial charge in [-0.05, 0) is 48.6 Å². The second-order valence-corrected chi connectivity index (χ2v) is 7.12. The van der Waals surface area contributed by atoms with E-state index in [1.807, 2.05) is 36.4 Å². The average molecular weight is 382 g/mol. The van der Waals surface area contributed by atoms with E-state index < -0.39 is 0 Å². The van der Waals surface area contributed by atoms with Crippen LogP contribution < -0.4 is 5.32 Å². The van der Waals surface area contributed by atoms with E-state index in [4.69, 9.17) is 16.3 Å². The Morgan fingerprint density at radius 1 is 1.26 bits per heavy atom. The Balaban J connectivity index is 1.65. The van der Waals surface area contributed by atoms with Gasteiger partial charge in [0, 0.05) is 18.2 Å². The molecule has 5 nitrogen and oxygen atoms in total. The van der Waals surface area contributed by atoms with Gasteiger partial charge in [0.2, 0.25) is 0 Å². The number of hydrogen-bond donors (Lipinski definition) is 1. The highest BCUT2D eigenvalue weighted by Gasteiger charge is 2.19. The molecule has 1 aliphatic rings. The molecule has 1 aliphatic heterocycles. The number of carbonyl (C=O) groups is 1. The van der Waals surface area contributed by atoms with Crippen LogP contribution in [0.1, 0.15) is 34.5 Å². The van der Waals surface area contributed by atoms with E-state index in [0.29, 0.717) is 23.9 Å². The van der Waals surface area contributed by atoms with Crippen LogP contribution in [0.3, 0.4) is 0 Å². The van der Waals surface area contributed by atoms with Crippen LogP contribution in [0.25, 0.3) is 10.9 Å². The fourth-order valence-electron chi connectivity index (χ4n) is 3.35. The number of para-hydroxylation sites is 1. The molecule has 138 valence electrons.